The van der Waals surface area contributed by atoms with E-state index in [1.165, 1.54) is 38.5 Å². The Balaban J connectivity index is 2.32. The first-order chi connectivity index (χ1) is 8.79. The Labute approximate surface area is 111 Å². The molecule has 18 heavy (non-hydrogen) atoms. The smallest absolute Gasteiger partial charge is 0.0480 e. The summed E-state index contributed by atoms with van der Waals surface area (Å²) < 4.78 is 0. The Hall–Kier alpha value is -1.06. The van der Waals surface area contributed by atoms with E-state index in [4.69, 9.17) is 11.6 Å². The highest BCUT2D eigenvalue weighted by molar-refractivity contribution is 5.48. The van der Waals surface area contributed by atoms with E-state index in [2.05, 4.69) is 18.4 Å². The summed E-state index contributed by atoms with van der Waals surface area (Å²) in [5.41, 5.74) is 10.8. The maximum Gasteiger partial charge on any atom is 0.0480 e. The van der Waals surface area contributed by atoms with Crippen molar-refractivity contribution < 1.29 is 0 Å². The number of para-hydroxylation sites is 1. The SMILES string of the molecule is CCCCCCCCC(NN)c1ccccc1N. The fourth-order valence-corrected chi connectivity index (χ4v) is 2.29. The molecule has 0 aliphatic rings. The summed E-state index contributed by atoms with van der Waals surface area (Å²) in [6.45, 7) is 2.24. The average Bonchev–Trinajstić information content (AvgIpc) is 2.39. The van der Waals surface area contributed by atoms with Crippen molar-refractivity contribution in [2.24, 2.45) is 5.84 Å². The number of hydrazine groups is 1. The lowest BCUT2D eigenvalue weighted by molar-refractivity contribution is 0.478. The summed E-state index contributed by atoms with van der Waals surface area (Å²) in [5.74, 6) is 5.63. The Kier molecular flexibility index (Phi) is 7.46. The Morgan fingerprint density at radius 2 is 1.72 bits per heavy atom. The zero-order valence-electron chi connectivity index (χ0n) is 11.5. The summed E-state index contributed by atoms with van der Waals surface area (Å²) in [5, 5.41) is 0. The van der Waals surface area contributed by atoms with Gasteiger partial charge in [-0.3, -0.25) is 11.3 Å². The molecule has 0 aromatic heterocycles. The lowest BCUT2D eigenvalue weighted by Gasteiger charge is -2.18. The summed E-state index contributed by atoms with van der Waals surface area (Å²) in [7, 11) is 0. The number of unbranched alkanes of at least 4 members (excludes halogenated alkanes) is 5. The van der Waals surface area contributed by atoms with E-state index in [1.807, 2.05) is 18.2 Å². The largest absolute Gasteiger partial charge is 0.398 e. The van der Waals surface area contributed by atoms with Gasteiger partial charge in [-0.15, -0.1) is 0 Å². The van der Waals surface area contributed by atoms with Crippen molar-refractivity contribution in [2.45, 2.75) is 57.9 Å². The van der Waals surface area contributed by atoms with Crippen molar-refractivity contribution in [3.8, 4) is 0 Å². The summed E-state index contributed by atoms with van der Waals surface area (Å²) >= 11 is 0. The van der Waals surface area contributed by atoms with E-state index in [0.717, 1.165) is 17.7 Å². The first-order valence-electron chi connectivity index (χ1n) is 7.10. The van der Waals surface area contributed by atoms with Crippen LogP contribution in [-0.2, 0) is 0 Å². The quantitative estimate of drug-likeness (QED) is 0.271. The lowest BCUT2D eigenvalue weighted by atomic mass is 9.99. The molecular formula is C15H27N3. The number of hydrogen-bond donors (Lipinski definition) is 3. The predicted molar refractivity (Wildman–Crippen MR) is 78.9 cm³/mol. The molecule has 1 unspecified atom stereocenters. The number of rotatable bonds is 9. The van der Waals surface area contributed by atoms with Crippen LogP contribution >= 0.6 is 0 Å². The Morgan fingerprint density at radius 1 is 1.06 bits per heavy atom. The minimum Gasteiger partial charge on any atom is -0.398 e. The number of nitrogen functional groups attached to an aromatic ring is 1. The Bertz CT molecular complexity index is 325. The van der Waals surface area contributed by atoms with Gasteiger partial charge < -0.3 is 5.73 Å². The molecule has 0 saturated heterocycles. The van der Waals surface area contributed by atoms with Crippen molar-refractivity contribution in [2.75, 3.05) is 5.73 Å². The number of nitrogens with one attached hydrogen (secondary N) is 1. The third-order valence-corrected chi connectivity index (χ3v) is 3.42. The molecule has 102 valence electrons. The van der Waals surface area contributed by atoms with Gasteiger partial charge >= 0.3 is 0 Å². The zero-order chi connectivity index (χ0) is 13.2. The van der Waals surface area contributed by atoms with Crippen molar-refractivity contribution in [3.05, 3.63) is 29.8 Å². The zero-order valence-corrected chi connectivity index (χ0v) is 11.5. The predicted octanol–water partition coefficient (Wildman–Crippen LogP) is 3.52. The number of anilines is 1. The molecule has 0 aliphatic heterocycles. The molecule has 1 aromatic rings. The molecule has 1 aromatic carbocycles. The third kappa shape index (κ3) is 5.07. The third-order valence-electron chi connectivity index (χ3n) is 3.42. The maximum absolute atomic E-state index is 5.97. The van der Waals surface area contributed by atoms with Crippen molar-refractivity contribution in [1.82, 2.24) is 5.43 Å². The minimum absolute atomic E-state index is 0.178. The van der Waals surface area contributed by atoms with Crippen LogP contribution in [0.4, 0.5) is 5.69 Å². The standard InChI is InChI=1S/C15H27N3/c1-2-3-4-5-6-7-12-15(18-17)13-10-8-9-11-14(13)16/h8-11,15,18H,2-7,12,16-17H2,1H3. The van der Waals surface area contributed by atoms with Crippen LogP contribution in [0, 0.1) is 0 Å². The van der Waals surface area contributed by atoms with E-state index < -0.39 is 0 Å². The van der Waals surface area contributed by atoms with Crippen LogP contribution in [0.15, 0.2) is 24.3 Å². The second-order valence-electron chi connectivity index (χ2n) is 4.90. The molecule has 0 radical (unpaired) electrons. The van der Waals surface area contributed by atoms with Gasteiger partial charge in [0.25, 0.3) is 0 Å². The average molecular weight is 249 g/mol. The lowest BCUT2D eigenvalue weighted by Crippen LogP contribution is -2.28. The summed E-state index contributed by atoms with van der Waals surface area (Å²) in [6.07, 6.45) is 8.87. The van der Waals surface area contributed by atoms with Crippen LogP contribution in [-0.4, -0.2) is 0 Å². The van der Waals surface area contributed by atoms with Crippen LogP contribution < -0.4 is 17.0 Å². The Morgan fingerprint density at radius 3 is 2.39 bits per heavy atom. The van der Waals surface area contributed by atoms with Gasteiger partial charge in [-0.2, -0.15) is 0 Å². The van der Waals surface area contributed by atoms with E-state index in [1.54, 1.807) is 0 Å². The van der Waals surface area contributed by atoms with E-state index >= 15 is 0 Å². The van der Waals surface area contributed by atoms with E-state index in [-0.39, 0.29) is 6.04 Å². The molecule has 0 fully saturated rings. The second-order valence-corrected chi connectivity index (χ2v) is 4.90. The van der Waals surface area contributed by atoms with Crippen LogP contribution in [0.1, 0.15) is 63.5 Å². The van der Waals surface area contributed by atoms with Gasteiger partial charge in [0, 0.05) is 11.7 Å². The molecule has 0 heterocycles. The molecule has 5 N–H and O–H groups in total. The molecule has 0 aliphatic carbocycles. The highest BCUT2D eigenvalue weighted by atomic mass is 15.2. The fourth-order valence-electron chi connectivity index (χ4n) is 2.29. The fraction of sp³-hybridized carbons (Fsp3) is 0.600. The maximum atomic E-state index is 5.97. The summed E-state index contributed by atoms with van der Waals surface area (Å²) in [4.78, 5) is 0. The van der Waals surface area contributed by atoms with Gasteiger partial charge in [-0.1, -0.05) is 63.6 Å². The van der Waals surface area contributed by atoms with Gasteiger partial charge in [0.15, 0.2) is 0 Å². The molecule has 0 spiro atoms. The van der Waals surface area contributed by atoms with Gasteiger partial charge in [0.1, 0.15) is 0 Å². The van der Waals surface area contributed by atoms with Gasteiger partial charge in [0.2, 0.25) is 0 Å². The summed E-state index contributed by atoms with van der Waals surface area (Å²) in [6, 6.07) is 8.13. The molecule has 3 nitrogen and oxygen atoms in total. The molecule has 0 bridgehead atoms. The monoisotopic (exact) mass is 249 g/mol. The first kappa shape index (κ1) is 15.0. The molecule has 0 amide bonds. The van der Waals surface area contributed by atoms with Crippen LogP contribution in [0.25, 0.3) is 0 Å². The van der Waals surface area contributed by atoms with Crippen molar-refractivity contribution >= 4 is 5.69 Å². The van der Waals surface area contributed by atoms with Gasteiger partial charge in [-0.25, -0.2) is 0 Å². The minimum atomic E-state index is 0.178. The molecular weight excluding hydrogens is 222 g/mol. The van der Waals surface area contributed by atoms with Crippen LogP contribution in [0.3, 0.4) is 0 Å². The van der Waals surface area contributed by atoms with E-state index in [9.17, 15) is 0 Å². The van der Waals surface area contributed by atoms with Crippen molar-refractivity contribution in [3.63, 3.8) is 0 Å². The number of benzene rings is 1. The van der Waals surface area contributed by atoms with Crippen LogP contribution in [0.5, 0.6) is 0 Å². The first-order valence-corrected chi connectivity index (χ1v) is 7.10. The van der Waals surface area contributed by atoms with Gasteiger partial charge in [-0.05, 0) is 18.1 Å². The molecule has 1 rings (SSSR count). The normalized spacial score (nSPS) is 12.6. The van der Waals surface area contributed by atoms with Crippen LogP contribution in [0.2, 0.25) is 0 Å². The number of nitrogens with two attached hydrogens (primary N) is 2. The topological polar surface area (TPSA) is 64.1 Å². The van der Waals surface area contributed by atoms with Crippen molar-refractivity contribution in [1.29, 1.82) is 0 Å². The highest BCUT2D eigenvalue weighted by Crippen LogP contribution is 2.24. The number of hydrogen-bond acceptors (Lipinski definition) is 3. The second kappa shape index (κ2) is 8.95. The molecule has 0 saturated carbocycles. The van der Waals surface area contributed by atoms with E-state index in [0.29, 0.717) is 0 Å². The van der Waals surface area contributed by atoms with Gasteiger partial charge in [0.05, 0.1) is 0 Å². The molecule has 3 heteroatoms. The molecule has 1 atom stereocenters. The highest BCUT2D eigenvalue weighted by Gasteiger charge is 2.11.